The van der Waals surface area contributed by atoms with Gasteiger partial charge in [0.05, 0.1) is 12.5 Å². The lowest BCUT2D eigenvalue weighted by atomic mass is 9.96. The Hall–Kier alpha value is -1.39. The molecule has 0 aliphatic carbocycles. The number of nitrogens with one attached hydrogen (secondary N) is 2. The van der Waals surface area contributed by atoms with E-state index in [1.165, 1.54) is 12.0 Å². The van der Waals surface area contributed by atoms with Gasteiger partial charge in [0.2, 0.25) is 5.91 Å². The molecule has 1 fully saturated rings. The quantitative estimate of drug-likeness (QED) is 0.846. The van der Waals surface area contributed by atoms with Crippen molar-refractivity contribution in [1.29, 1.82) is 0 Å². The van der Waals surface area contributed by atoms with Crippen molar-refractivity contribution in [3.05, 3.63) is 29.3 Å². The van der Waals surface area contributed by atoms with Gasteiger partial charge in [0.25, 0.3) is 0 Å². The monoisotopic (exact) mass is 288 g/mol. The summed E-state index contributed by atoms with van der Waals surface area (Å²) >= 11 is 0. The van der Waals surface area contributed by atoms with Crippen LogP contribution < -0.4 is 10.6 Å². The van der Waals surface area contributed by atoms with E-state index < -0.39 is 0 Å². The fourth-order valence-corrected chi connectivity index (χ4v) is 3.21. The molecule has 0 aromatic heterocycles. The van der Waals surface area contributed by atoms with Crippen molar-refractivity contribution in [1.82, 2.24) is 5.32 Å². The molecule has 1 saturated heterocycles. The molecule has 1 amide bonds. The zero-order valence-corrected chi connectivity index (χ0v) is 12.7. The third-order valence-electron chi connectivity index (χ3n) is 4.32. The number of ether oxygens (including phenoxy) is 1. The first-order valence-corrected chi connectivity index (χ1v) is 8.04. The van der Waals surface area contributed by atoms with Gasteiger partial charge in [0.15, 0.2) is 0 Å². The van der Waals surface area contributed by atoms with Gasteiger partial charge in [-0.15, -0.1) is 0 Å². The fourth-order valence-electron chi connectivity index (χ4n) is 3.21. The van der Waals surface area contributed by atoms with Crippen LogP contribution in [0.5, 0.6) is 0 Å². The van der Waals surface area contributed by atoms with Crippen molar-refractivity contribution in [2.75, 3.05) is 18.5 Å². The van der Waals surface area contributed by atoms with Crippen molar-refractivity contribution in [2.24, 2.45) is 0 Å². The molecule has 0 saturated carbocycles. The number of anilines is 1. The second-order valence-corrected chi connectivity index (χ2v) is 6.02. The van der Waals surface area contributed by atoms with Gasteiger partial charge < -0.3 is 15.4 Å². The van der Waals surface area contributed by atoms with Crippen LogP contribution in [0.3, 0.4) is 0 Å². The van der Waals surface area contributed by atoms with Crippen LogP contribution in [0.15, 0.2) is 18.2 Å². The topological polar surface area (TPSA) is 50.4 Å². The van der Waals surface area contributed by atoms with Crippen LogP contribution >= 0.6 is 0 Å². The van der Waals surface area contributed by atoms with E-state index in [4.69, 9.17) is 4.74 Å². The molecule has 21 heavy (non-hydrogen) atoms. The Balaban J connectivity index is 1.75. The predicted octanol–water partition coefficient (Wildman–Crippen LogP) is 2.79. The van der Waals surface area contributed by atoms with Crippen molar-refractivity contribution >= 4 is 11.6 Å². The summed E-state index contributed by atoms with van der Waals surface area (Å²) in [5.74, 6) is 0.0966. The van der Waals surface area contributed by atoms with E-state index in [1.807, 2.05) is 6.07 Å². The third-order valence-corrected chi connectivity index (χ3v) is 4.32. The molecule has 114 valence electrons. The first-order valence-electron chi connectivity index (χ1n) is 8.04. The number of carbonyl (C=O) groups excluding carboxylic acids is 1. The van der Waals surface area contributed by atoms with E-state index >= 15 is 0 Å². The minimum absolute atomic E-state index is 0.0966. The summed E-state index contributed by atoms with van der Waals surface area (Å²) in [4.78, 5) is 11.5. The number of hydrogen-bond acceptors (Lipinski definition) is 3. The van der Waals surface area contributed by atoms with Gasteiger partial charge in [-0.05, 0) is 49.4 Å². The second kappa shape index (κ2) is 6.58. The Morgan fingerprint density at radius 3 is 3.14 bits per heavy atom. The maximum Gasteiger partial charge on any atom is 0.228 e. The van der Waals surface area contributed by atoms with Gasteiger partial charge in [-0.2, -0.15) is 0 Å². The summed E-state index contributed by atoms with van der Waals surface area (Å²) < 4.78 is 5.79. The molecule has 2 heterocycles. The molecular weight excluding hydrogens is 264 g/mol. The second-order valence-electron chi connectivity index (χ2n) is 6.02. The number of hydrogen-bond donors (Lipinski definition) is 2. The molecule has 0 bridgehead atoms. The highest BCUT2D eigenvalue weighted by Gasteiger charge is 2.24. The molecule has 1 aromatic carbocycles. The van der Waals surface area contributed by atoms with E-state index in [0.717, 1.165) is 43.7 Å². The molecule has 4 nitrogen and oxygen atoms in total. The normalized spacial score (nSPS) is 22.1. The summed E-state index contributed by atoms with van der Waals surface area (Å²) in [7, 11) is 0. The lowest BCUT2D eigenvalue weighted by molar-refractivity contribution is -0.115. The summed E-state index contributed by atoms with van der Waals surface area (Å²) in [6, 6.07) is 6.66. The van der Waals surface area contributed by atoms with Crippen molar-refractivity contribution < 1.29 is 9.53 Å². The van der Waals surface area contributed by atoms with Crippen LogP contribution in [0, 0.1) is 0 Å². The van der Waals surface area contributed by atoms with Crippen LogP contribution in [0.2, 0.25) is 0 Å². The largest absolute Gasteiger partial charge is 0.378 e. The summed E-state index contributed by atoms with van der Waals surface area (Å²) in [5, 5.41) is 6.53. The molecule has 2 unspecified atom stereocenters. The van der Waals surface area contributed by atoms with E-state index in [-0.39, 0.29) is 5.91 Å². The zero-order chi connectivity index (χ0) is 14.7. The molecule has 2 atom stereocenters. The summed E-state index contributed by atoms with van der Waals surface area (Å²) in [5.41, 5.74) is 3.36. The van der Waals surface area contributed by atoms with Gasteiger partial charge in [-0.25, -0.2) is 0 Å². The average molecular weight is 288 g/mol. The summed E-state index contributed by atoms with van der Waals surface area (Å²) in [6.45, 7) is 4.08. The number of amides is 1. The highest BCUT2D eigenvalue weighted by Crippen LogP contribution is 2.30. The lowest BCUT2D eigenvalue weighted by Crippen LogP contribution is -2.26. The first kappa shape index (κ1) is 14.5. The molecule has 2 aliphatic heterocycles. The Kier molecular flexibility index (Phi) is 4.56. The number of fused-ring (bicyclic) bond motifs is 1. The highest BCUT2D eigenvalue weighted by molar-refractivity contribution is 5.99. The van der Waals surface area contributed by atoms with E-state index in [1.54, 1.807) is 0 Å². The molecule has 0 spiro atoms. The van der Waals surface area contributed by atoms with E-state index in [9.17, 15) is 4.79 Å². The number of carbonyl (C=O) groups is 1. The van der Waals surface area contributed by atoms with Crippen LogP contribution in [-0.4, -0.2) is 25.2 Å². The molecule has 0 radical (unpaired) electrons. The lowest BCUT2D eigenvalue weighted by Gasteiger charge is -2.22. The summed E-state index contributed by atoms with van der Waals surface area (Å²) in [6.07, 6.45) is 5.34. The smallest absolute Gasteiger partial charge is 0.228 e. The average Bonchev–Trinajstić information content (AvgIpc) is 3.10. The SMILES string of the molecule is CCCNC(CC1CCCO1)c1ccc2c(c1)CC(=O)N2. The Morgan fingerprint density at radius 2 is 2.38 bits per heavy atom. The number of benzene rings is 1. The van der Waals surface area contributed by atoms with Crippen LogP contribution in [0.25, 0.3) is 0 Å². The molecule has 1 aromatic rings. The van der Waals surface area contributed by atoms with Gasteiger partial charge in [-0.1, -0.05) is 19.1 Å². The molecule has 3 rings (SSSR count). The zero-order valence-electron chi connectivity index (χ0n) is 12.7. The Labute approximate surface area is 126 Å². The highest BCUT2D eigenvalue weighted by atomic mass is 16.5. The Bertz CT molecular complexity index is 510. The maximum atomic E-state index is 11.5. The van der Waals surface area contributed by atoms with Crippen molar-refractivity contribution in [3.63, 3.8) is 0 Å². The Morgan fingerprint density at radius 1 is 1.48 bits per heavy atom. The van der Waals surface area contributed by atoms with Gasteiger partial charge in [0.1, 0.15) is 0 Å². The van der Waals surface area contributed by atoms with Crippen molar-refractivity contribution in [3.8, 4) is 0 Å². The minimum atomic E-state index is 0.0966. The van der Waals surface area contributed by atoms with Crippen LogP contribution in [0.4, 0.5) is 5.69 Å². The van der Waals surface area contributed by atoms with Gasteiger partial charge in [-0.3, -0.25) is 4.79 Å². The van der Waals surface area contributed by atoms with E-state index in [0.29, 0.717) is 18.6 Å². The first-order chi connectivity index (χ1) is 10.3. The fraction of sp³-hybridized carbons (Fsp3) is 0.588. The molecule has 2 aliphatic rings. The maximum absolute atomic E-state index is 11.5. The molecule has 4 heteroatoms. The standard InChI is InChI=1S/C17H24N2O2/c1-2-7-18-16(11-14-4-3-8-21-14)12-5-6-15-13(9-12)10-17(20)19-15/h5-6,9,14,16,18H,2-4,7-8,10-11H2,1H3,(H,19,20). The van der Waals surface area contributed by atoms with Crippen molar-refractivity contribution in [2.45, 2.75) is 51.2 Å². The van der Waals surface area contributed by atoms with Gasteiger partial charge >= 0.3 is 0 Å². The predicted molar refractivity (Wildman–Crippen MR) is 83.4 cm³/mol. The van der Waals surface area contributed by atoms with Crippen LogP contribution in [-0.2, 0) is 16.0 Å². The van der Waals surface area contributed by atoms with Gasteiger partial charge in [0, 0.05) is 18.3 Å². The minimum Gasteiger partial charge on any atom is -0.378 e. The van der Waals surface area contributed by atoms with E-state index in [2.05, 4.69) is 29.7 Å². The van der Waals surface area contributed by atoms with Crippen LogP contribution in [0.1, 0.15) is 49.8 Å². The number of rotatable bonds is 6. The molecular formula is C17H24N2O2. The third kappa shape index (κ3) is 3.44. The molecule has 2 N–H and O–H groups in total.